The third-order valence-corrected chi connectivity index (χ3v) is 8.12. The lowest BCUT2D eigenvalue weighted by Crippen LogP contribution is -2.29. The fraction of sp³-hybridized carbons (Fsp3) is 0.349. The van der Waals surface area contributed by atoms with Crippen LogP contribution in [0.2, 0.25) is 0 Å². The van der Waals surface area contributed by atoms with Crippen LogP contribution in [-0.2, 0) is 35.0 Å². The molecule has 0 radical (unpaired) electrons. The van der Waals surface area contributed by atoms with E-state index < -0.39 is 6.10 Å². The molecule has 0 aliphatic rings. The number of hydrogen-bond acceptors (Lipinski definition) is 8. The third-order valence-electron chi connectivity index (χ3n) is 6.85. The van der Waals surface area contributed by atoms with Gasteiger partial charge in [-0.05, 0) is 144 Å². The summed E-state index contributed by atoms with van der Waals surface area (Å²) in [6, 6.07) is 21.2. The molecule has 0 aliphatic carbocycles. The maximum atomic E-state index is 12.1. The van der Waals surface area contributed by atoms with Gasteiger partial charge in [0.05, 0.1) is 22.2 Å². The van der Waals surface area contributed by atoms with Crippen LogP contribution < -0.4 is 9.47 Å². The molecule has 0 saturated heterocycles. The van der Waals surface area contributed by atoms with Crippen LogP contribution in [-0.4, -0.2) is 63.8 Å². The lowest BCUT2D eigenvalue weighted by atomic mass is 10.1. The standard InChI is InChI=1S/C35H32Br2O5.C8H16O3/c1-3-39-34(35(38)40-4-2)26-29-21-22-33(31(37)25-29)42-24-12-6-8-14-28-19-17-27(18-20-28)13-7-5-11-23-41-32-16-10-9-15-30(32)36;1-4-7(10-5-2)8(9)11-6-3/h5-6,9-12,15-22,25,34H,3-4,23-24,26H2,1-2H3;7H,4-6H2,1-3H3/b11-5+,12-6+;. The Kier molecular flexibility index (Phi) is 23.1. The number of ether oxygens (including phenoxy) is 6. The van der Waals surface area contributed by atoms with E-state index in [0.29, 0.717) is 58.2 Å². The van der Waals surface area contributed by atoms with Gasteiger partial charge in [0.2, 0.25) is 0 Å². The van der Waals surface area contributed by atoms with Crippen molar-refractivity contribution < 1.29 is 38.0 Å². The molecule has 53 heavy (non-hydrogen) atoms. The SMILES string of the molecule is CCOC(=O)C(CC)OCC.CCOC(=O)C(Cc1ccc(OC/C=C/C#Cc2ccc(C#C/C=C/COc3ccccc3Br)cc2)c(Br)c1)OCC. The number of halogens is 2. The van der Waals surface area contributed by atoms with E-state index in [-0.39, 0.29) is 18.0 Å². The molecule has 10 heteroatoms. The first kappa shape index (κ1) is 44.8. The zero-order valence-corrected chi connectivity index (χ0v) is 34.2. The molecular weight excluding hydrogens is 804 g/mol. The summed E-state index contributed by atoms with van der Waals surface area (Å²) in [6.45, 7) is 11.7. The highest BCUT2D eigenvalue weighted by Gasteiger charge is 2.21. The van der Waals surface area contributed by atoms with E-state index in [2.05, 4.69) is 55.5 Å². The Morgan fingerprint density at radius 3 is 1.64 bits per heavy atom. The molecule has 0 saturated carbocycles. The van der Waals surface area contributed by atoms with E-state index in [1.165, 1.54) is 0 Å². The second kappa shape index (κ2) is 27.3. The number of carbonyl (C=O) groups excluding carboxylic acids is 2. The number of hydrogen-bond donors (Lipinski definition) is 0. The third kappa shape index (κ3) is 18.3. The first-order valence-corrected chi connectivity index (χ1v) is 19.1. The molecule has 3 rings (SSSR count). The molecule has 0 N–H and O–H groups in total. The largest absolute Gasteiger partial charge is 0.488 e. The molecule has 3 aromatic carbocycles. The van der Waals surface area contributed by atoms with Crippen molar-refractivity contribution in [2.24, 2.45) is 0 Å². The molecule has 0 spiro atoms. The molecule has 0 aromatic heterocycles. The first-order chi connectivity index (χ1) is 25.8. The highest BCUT2D eigenvalue weighted by molar-refractivity contribution is 9.10. The smallest absolute Gasteiger partial charge is 0.335 e. The van der Waals surface area contributed by atoms with E-state index in [1.54, 1.807) is 26.0 Å². The van der Waals surface area contributed by atoms with Gasteiger partial charge >= 0.3 is 11.9 Å². The van der Waals surface area contributed by atoms with Crippen LogP contribution in [0.15, 0.2) is 100.0 Å². The summed E-state index contributed by atoms with van der Waals surface area (Å²) >= 11 is 7.01. The molecule has 2 unspecified atom stereocenters. The minimum absolute atomic E-state index is 0.253. The number of carbonyl (C=O) groups is 2. The number of rotatable bonds is 17. The first-order valence-electron chi connectivity index (χ1n) is 17.5. The Balaban J connectivity index is 0.000000763. The van der Waals surface area contributed by atoms with Gasteiger partial charge in [-0.1, -0.05) is 48.8 Å². The molecule has 0 heterocycles. The zero-order chi connectivity index (χ0) is 38.7. The normalized spacial score (nSPS) is 11.6. The van der Waals surface area contributed by atoms with E-state index in [4.69, 9.17) is 28.4 Å². The Bertz CT molecular complexity index is 1730. The molecule has 0 aliphatic heterocycles. The summed E-state index contributed by atoms with van der Waals surface area (Å²) in [5.74, 6) is 13.1. The maximum Gasteiger partial charge on any atom is 0.335 e. The van der Waals surface area contributed by atoms with E-state index in [1.807, 2.05) is 99.7 Å². The maximum absolute atomic E-state index is 12.1. The van der Waals surface area contributed by atoms with E-state index in [9.17, 15) is 9.59 Å². The van der Waals surface area contributed by atoms with Crippen LogP contribution in [0.25, 0.3) is 0 Å². The highest BCUT2D eigenvalue weighted by Crippen LogP contribution is 2.27. The molecule has 8 nitrogen and oxygen atoms in total. The van der Waals surface area contributed by atoms with Crippen molar-refractivity contribution in [3.8, 4) is 35.2 Å². The van der Waals surface area contributed by atoms with Crippen molar-refractivity contribution in [3.05, 3.63) is 117 Å². The Morgan fingerprint density at radius 1 is 0.642 bits per heavy atom. The highest BCUT2D eigenvalue weighted by atomic mass is 79.9. The summed E-state index contributed by atoms with van der Waals surface area (Å²) in [6.07, 6.45) is 7.38. The summed E-state index contributed by atoms with van der Waals surface area (Å²) in [4.78, 5) is 23.1. The number of benzene rings is 3. The fourth-order valence-corrected chi connectivity index (χ4v) is 5.32. The van der Waals surface area contributed by atoms with Crippen molar-refractivity contribution in [3.63, 3.8) is 0 Å². The quantitative estimate of drug-likeness (QED) is 0.0983. The zero-order valence-electron chi connectivity index (χ0n) is 31.0. The molecule has 2 atom stereocenters. The Labute approximate surface area is 331 Å². The molecule has 0 fully saturated rings. The number of para-hydroxylation sites is 1. The number of esters is 2. The van der Waals surface area contributed by atoms with Crippen molar-refractivity contribution >= 4 is 43.8 Å². The van der Waals surface area contributed by atoms with Crippen molar-refractivity contribution in [2.75, 3.05) is 39.6 Å². The van der Waals surface area contributed by atoms with Gasteiger partial charge in [0.15, 0.2) is 12.2 Å². The predicted molar refractivity (Wildman–Crippen MR) is 216 cm³/mol. The summed E-state index contributed by atoms with van der Waals surface area (Å²) in [7, 11) is 0. The van der Waals surface area contributed by atoms with Crippen molar-refractivity contribution in [1.29, 1.82) is 0 Å². The molecule has 282 valence electrons. The Hall–Kier alpha value is -4.32. The van der Waals surface area contributed by atoms with Crippen LogP contribution in [0.3, 0.4) is 0 Å². The van der Waals surface area contributed by atoms with Gasteiger partial charge in [0.25, 0.3) is 0 Å². The van der Waals surface area contributed by atoms with Gasteiger partial charge in [0, 0.05) is 30.8 Å². The molecule has 3 aromatic rings. The average molecular weight is 853 g/mol. The van der Waals surface area contributed by atoms with Crippen molar-refractivity contribution in [1.82, 2.24) is 0 Å². The second-order valence-corrected chi connectivity index (χ2v) is 12.5. The fourth-order valence-electron chi connectivity index (χ4n) is 4.38. The van der Waals surface area contributed by atoms with Crippen LogP contribution in [0, 0.1) is 23.7 Å². The molecule has 0 bridgehead atoms. The van der Waals surface area contributed by atoms with Crippen molar-refractivity contribution in [2.45, 2.75) is 59.7 Å². The minimum atomic E-state index is -0.629. The second-order valence-electron chi connectivity index (χ2n) is 10.7. The Morgan fingerprint density at radius 2 is 1.15 bits per heavy atom. The lowest BCUT2D eigenvalue weighted by molar-refractivity contribution is -0.157. The molecular formula is C43H48Br2O8. The summed E-state index contributed by atoms with van der Waals surface area (Å²) in [5.41, 5.74) is 2.75. The van der Waals surface area contributed by atoms with Crippen LogP contribution in [0.5, 0.6) is 11.5 Å². The van der Waals surface area contributed by atoms with Gasteiger partial charge in [-0.25, -0.2) is 9.59 Å². The predicted octanol–water partition coefficient (Wildman–Crippen LogP) is 9.06. The minimum Gasteiger partial charge on any atom is -0.488 e. The summed E-state index contributed by atoms with van der Waals surface area (Å²) < 4.78 is 33.8. The average Bonchev–Trinajstić information content (AvgIpc) is 3.15. The van der Waals surface area contributed by atoms with E-state index >= 15 is 0 Å². The topological polar surface area (TPSA) is 89.5 Å². The van der Waals surface area contributed by atoms with Crippen LogP contribution in [0.4, 0.5) is 0 Å². The van der Waals surface area contributed by atoms with Gasteiger partial charge < -0.3 is 28.4 Å². The van der Waals surface area contributed by atoms with Gasteiger partial charge in [-0.15, -0.1) is 0 Å². The molecule has 0 amide bonds. The van der Waals surface area contributed by atoms with E-state index in [0.717, 1.165) is 31.4 Å². The van der Waals surface area contributed by atoms with Crippen LogP contribution >= 0.6 is 31.9 Å². The van der Waals surface area contributed by atoms with Gasteiger partial charge in [-0.3, -0.25) is 0 Å². The number of allylic oxidation sites excluding steroid dienone is 2. The summed E-state index contributed by atoms with van der Waals surface area (Å²) in [5, 5.41) is 0. The monoisotopic (exact) mass is 850 g/mol. The van der Waals surface area contributed by atoms with Crippen LogP contribution in [0.1, 0.15) is 57.7 Å². The van der Waals surface area contributed by atoms with Gasteiger partial charge in [0.1, 0.15) is 24.7 Å². The van der Waals surface area contributed by atoms with Gasteiger partial charge in [-0.2, -0.15) is 0 Å². The lowest BCUT2D eigenvalue weighted by Gasteiger charge is -2.16.